The number of pyridine rings is 1. The van der Waals surface area contributed by atoms with Crippen LogP contribution in [0.3, 0.4) is 0 Å². The van der Waals surface area contributed by atoms with Crippen LogP contribution in [-0.4, -0.2) is 16.4 Å². The summed E-state index contributed by atoms with van der Waals surface area (Å²) in [6.45, 7) is 0. The van der Waals surface area contributed by atoms with Gasteiger partial charge in [0.25, 0.3) is 0 Å². The average Bonchev–Trinajstić information content (AvgIpc) is 1.98. The van der Waals surface area contributed by atoms with Crippen molar-refractivity contribution < 1.29 is 5.21 Å². The minimum Gasteiger partial charge on any atom is -0.411 e. The standard InChI is InChI=1S/C6H4BrClN2O/c7-5-3-9-6(8)1-4(5)2-10-11/h1-3,11H. The summed E-state index contributed by atoms with van der Waals surface area (Å²) in [5.41, 5.74) is 0.688. The quantitative estimate of drug-likeness (QED) is 0.351. The lowest BCUT2D eigenvalue weighted by atomic mass is 10.3. The minimum atomic E-state index is 0.364. The van der Waals surface area contributed by atoms with E-state index in [-0.39, 0.29) is 0 Å². The van der Waals surface area contributed by atoms with Gasteiger partial charge in [-0.1, -0.05) is 16.8 Å². The molecular formula is C6H4BrClN2O. The molecule has 0 aliphatic carbocycles. The molecule has 0 spiro atoms. The SMILES string of the molecule is ON=Cc1cc(Cl)ncc1Br. The molecule has 0 fully saturated rings. The van der Waals surface area contributed by atoms with E-state index in [0.29, 0.717) is 10.7 Å². The topological polar surface area (TPSA) is 45.5 Å². The lowest BCUT2D eigenvalue weighted by Crippen LogP contribution is -1.85. The Kier molecular flexibility index (Phi) is 2.84. The molecule has 0 amide bonds. The summed E-state index contributed by atoms with van der Waals surface area (Å²) < 4.78 is 0.736. The fourth-order valence-electron chi connectivity index (χ4n) is 0.589. The highest BCUT2D eigenvalue weighted by atomic mass is 79.9. The van der Waals surface area contributed by atoms with Crippen LogP contribution in [0, 0.1) is 0 Å². The van der Waals surface area contributed by atoms with E-state index in [2.05, 4.69) is 26.1 Å². The zero-order chi connectivity index (χ0) is 8.27. The molecule has 1 aromatic rings. The zero-order valence-corrected chi connectivity index (χ0v) is 7.67. The maximum absolute atomic E-state index is 8.22. The van der Waals surface area contributed by atoms with E-state index in [4.69, 9.17) is 16.8 Å². The first-order chi connectivity index (χ1) is 5.24. The van der Waals surface area contributed by atoms with Crippen molar-refractivity contribution in [2.75, 3.05) is 0 Å². The Morgan fingerprint density at radius 1 is 1.73 bits per heavy atom. The highest BCUT2D eigenvalue weighted by Crippen LogP contribution is 2.16. The highest BCUT2D eigenvalue weighted by molar-refractivity contribution is 9.10. The lowest BCUT2D eigenvalue weighted by molar-refractivity contribution is 0.322. The van der Waals surface area contributed by atoms with Crippen LogP contribution >= 0.6 is 27.5 Å². The normalized spacial score (nSPS) is 10.7. The molecule has 1 aromatic heterocycles. The molecule has 1 heterocycles. The number of rotatable bonds is 1. The van der Waals surface area contributed by atoms with Gasteiger partial charge in [-0.15, -0.1) is 0 Å². The van der Waals surface area contributed by atoms with Gasteiger partial charge in [0.1, 0.15) is 5.15 Å². The van der Waals surface area contributed by atoms with Crippen molar-refractivity contribution in [2.45, 2.75) is 0 Å². The minimum absolute atomic E-state index is 0.364. The summed E-state index contributed by atoms with van der Waals surface area (Å²) in [5, 5.41) is 11.5. The predicted octanol–water partition coefficient (Wildman–Crippen LogP) is 2.31. The number of hydrogen-bond donors (Lipinski definition) is 1. The van der Waals surface area contributed by atoms with Crippen molar-refractivity contribution in [3.63, 3.8) is 0 Å². The highest BCUT2D eigenvalue weighted by Gasteiger charge is 1.97. The fraction of sp³-hybridized carbons (Fsp3) is 0. The molecule has 0 bridgehead atoms. The van der Waals surface area contributed by atoms with Crippen LogP contribution in [0.4, 0.5) is 0 Å². The van der Waals surface area contributed by atoms with Gasteiger partial charge in [0.05, 0.1) is 6.21 Å². The zero-order valence-electron chi connectivity index (χ0n) is 5.33. The van der Waals surface area contributed by atoms with Crippen LogP contribution in [0.25, 0.3) is 0 Å². The molecule has 58 valence electrons. The molecule has 0 aromatic carbocycles. The number of oxime groups is 1. The Balaban J connectivity index is 3.12. The van der Waals surface area contributed by atoms with Gasteiger partial charge in [-0.05, 0) is 22.0 Å². The summed E-state index contributed by atoms with van der Waals surface area (Å²) in [5.74, 6) is 0. The predicted molar refractivity (Wildman–Crippen MR) is 46.3 cm³/mol. The molecule has 1 N–H and O–H groups in total. The Bertz CT molecular complexity index is 290. The van der Waals surface area contributed by atoms with Gasteiger partial charge in [0, 0.05) is 16.2 Å². The van der Waals surface area contributed by atoms with Crippen LogP contribution < -0.4 is 0 Å². The molecule has 0 unspecified atom stereocenters. The number of halogens is 2. The van der Waals surface area contributed by atoms with E-state index >= 15 is 0 Å². The Hall–Kier alpha value is -0.610. The van der Waals surface area contributed by atoms with Crippen molar-refractivity contribution >= 4 is 33.7 Å². The van der Waals surface area contributed by atoms with Crippen LogP contribution in [0.2, 0.25) is 5.15 Å². The van der Waals surface area contributed by atoms with Crippen molar-refractivity contribution in [3.8, 4) is 0 Å². The summed E-state index contributed by atoms with van der Waals surface area (Å²) in [7, 11) is 0. The summed E-state index contributed by atoms with van der Waals surface area (Å²) in [6, 6.07) is 1.59. The number of hydrogen-bond acceptors (Lipinski definition) is 3. The number of aromatic nitrogens is 1. The molecule has 0 atom stereocenters. The van der Waals surface area contributed by atoms with Gasteiger partial charge >= 0.3 is 0 Å². The molecule has 0 saturated heterocycles. The Morgan fingerprint density at radius 2 is 2.45 bits per heavy atom. The van der Waals surface area contributed by atoms with Gasteiger partial charge in [0.15, 0.2) is 0 Å². The van der Waals surface area contributed by atoms with Crippen molar-refractivity contribution in [2.24, 2.45) is 5.16 Å². The van der Waals surface area contributed by atoms with Crippen molar-refractivity contribution in [3.05, 3.63) is 27.5 Å². The second-order valence-electron chi connectivity index (χ2n) is 1.77. The maximum atomic E-state index is 8.22. The van der Waals surface area contributed by atoms with Crippen molar-refractivity contribution in [1.29, 1.82) is 0 Å². The fourth-order valence-corrected chi connectivity index (χ4v) is 1.07. The Morgan fingerprint density at radius 3 is 3.09 bits per heavy atom. The van der Waals surface area contributed by atoms with E-state index in [1.54, 1.807) is 12.3 Å². The van der Waals surface area contributed by atoms with Gasteiger partial charge in [-0.25, -0.2) is 4.98 Å². The second-order valence-corrected chi connectivity index (χ2v) is 3.01. The molecule has 0 aliphatic heterocycles. The first kappa shape index (κ1) is 8.49. The monoisotopic (exact) mass is 234 g/mol. The van der Waals surface area contributed by atoms with E-state index in [9.17, 15) is 0 Å². The van der Waals surface area contributed by atoms with Gasteiger partial charge in [-0.2, -0.15) is 0 Å². The molecule has 1 rings (SSSR count). The van der Waals surface area contributed by atoms with E-state index in [0.717, 1.165) is 4.47 Å². The lowest BCUT2D eigenvalue weighted by Gasteiger charge is -1.95. The maximum Gasteiger partial charge on any atom is 0.129 e. The molecular weight excluding hydrogens is 231 g/mol. The first-order valence-corrected chi connectivity index (χ1v) is 3.89. The summed E-state index contributed by atoms with van der Waals surface area (Å²) in [6.07, 6.45) is 2.82. The molecule has 0 radical (unpaired) electrons. The van der Waals surface area contributed by atoms with Crippen LogP contribution in [0.15, 0.2) is 21.9 Å². The van der Waals surface area contributed by atoms with Crippen LogP contribution in [0.5, 0.6) is 0 Å². The molecule has 5 heteroatoms. The van der Waals surface area contributed by atoms with Gasteiger partial charge < -0.3 is 5.21 Å². The molecule has 3 nitrogen and oxygen atoms in total. The molecule has 11 heavy (non-hydrogen) atoms. The van der Waals surface area contributed by atoms with E-state index < -0.39 is 0 Å². The molecule has 0 saturated carbocycles. The third kappa shape index (κ3) is 2.17. The first-order valence-electron chi connectivity index (χ1n) is 2.72. The largest absolute Gasteiger partial charge is 0.411 e. The number of nitrogens with zero attached hydrogens (tertiary/aromatic N) is 2. The van der Waals surface area contributed by atoms with Gasteiger partial charge in [0.2, 0.25) is 0 Å². The average molecular weight is 235 g/mol. The van der Waals surface area contributed by atoms with Gasteiger partial charge in [-0.3, -0.25) is 0 Å². The van der Waals surface area contributed by atoms with Crippen molar-refractivity contribution in [1.82, 2.24) is 4.98 Å². The second kappa shape index (κ2) is 3.69. The third-order valence-corrected chi connectivity index (χ3v) is 1.92. The van der Waals surface area contributed by atoms with Crippen LogP contribution in [-0.2, 0) is 0 Å². The summed E-state index contributed by atoms with van der Waals surface area (Å²) >= 11 is 8.79. The smallest absolute Gasteiger partial charge is 0.129 e. The molecule has 0 aliphatic rings. The van der Waals surface area contributed by atoms with E-state index in [1.807, 2.05) is 0 Å². The third-order valence-electron chi connectivity index (χ3n) is 1.05. The van der Waals surface area contributed by atoms with E-state index in [1.165, 1.54) is 6.21 Å². The Labute approximate surface area is 76.8 Å². The summed E-state index contributed by atoms with van der Waals surface area (Å²) in [4.78, 5) is 3.80. The van der Waals surface area contributed by atoms with Crippen LogP contribution in [0.1, 0.15) is 5.56 Å².